The van der Waals surface area contributed by atoms with Gasteiger partial charge in [-0.05, 0) is 25.1 Å². The van der Waals surface area contributed by atoms with Crippen molar-refractivity contribution >= 4 is 38.6 Å². The summed E-state index contributed by atoms with van der Waals surface area (Å²) in [6.07, 6.45) is 0. The van der Waals surface area contributed by atoms with E-state index in [1.54, 1.807) is 13.0 Å². The van der Waals surface area contributed by atoms with E-state index in [0.29, 0.717) is 15.7 Å². The van der Waals surface area contributed by atoms with E-state index in [1.807, 2.05) is 18.2 Å². The topological polar surface area (TPSA) is 102 Å². The molecular formula is C17H14ClN3O4S2. The summed E-state index contributed by atoms with van der Waals surface area (Å²) in [6.45, 7) is 1.86. The van der Waals surface area contributed by atoms with Crippen LogP contribution in [0.1, 0.15) is 10.6 Å². The van der Waals surface area contributed by atoms with Crippen molar-refractivity contribution in [1.82, 2.24) is 9.71 Å². The number of nitrogens with one attached hydrogen (secondary N) is 1. The summed E-state index contributed by atoms with van der Waals surface area (Å²) in [5, 5.41) is 12.0. The number of nitro groups is 1. The summed E-state index contributed by atoms with van der Waals surface area (Å²) in [6, 6.07) is 12.0. The van der Waals surface area contributed by atoms with Crippen molar-refractivity contribution in [2.45, 2.75) is 18.4 Å². The summed E-state index contributed by atoms with van der Waals surface area (Å²) in [5.41, 5.74) is 1.33. The van der Waals surface area contributed by atoms with Crippen molar-refractivity contribution in [3.05, 3.63) is 74.2 Å². The Kier molecular flexibility index (Phi) is 5.56. The summed E-state index contributed by atoms with van der Waals surface area (Å²) in [4.78, 5) is 15.3. The number of aromatic nitrogens is 1. The average Bonchev–Trinajstić information content (AvgIpc) is 3.01. The highest BCUT2D eigenvalue weighted by Gasteiger charge is 2.18. The number of hydrogen-bond acceptors (Lipinski definition) is 6. The Labute approximate surface area is 164 Å². The highest BCUT2D eigenvalue weighted by Crippen LogP contribution is 2.32. The first-order valence-corrected chi connectivity index (χ1v) is 10.4. The lowest BCUT2D eigenvalue weighted by molar-refractivity contribution is -0.384. The van der Waals surface area contributed by atoms with Crippen LogP contribution in [0.3, 0.4) is 0 Å². The standard InChI is InChI=1S/C17H14ClN3O4S2/c1-11-16(26-17(20-11)14-4-2-3-5-15(14)18)10-19-27(24,25)13-8-6-12(7-9-13)21(22)23/h2-9,19H,10H2,1H3. The molecule has 7 nitrogen and oxygen atoms in total. The maximum Gasteiger partial charge on any atom is 0.269 e. The van der Waals surface area contributed by atoms with Gasteiger partial charge in [0.05, 0.1) is 20.5 Å². The number of thiazole rings is 1. The van der Waals surface area contributed by atoms with E-state index in [1.165, 1.54) is 23.5 Å². The first kappa shape index (κ1) is 19.4. The minimum absolute atomic E-state index is 0.0402. The molecule has 0 fully saturated rings. The first-order chi connectivity index (χ1) is 12.8. The summed E-state index contributed by atoms with van der Waals surface area (Å²) < 4.78 is 27.3. The van der Waals surface area contributed by atoms with Crippen molar-refractivity contribution in [1.29, 1.82) is 0 Å². The van der Waals surface area contributed by atoms with Gasteiger partial charge in [0.2, 0.25) is 10.0 Å². The largest absolute Gasteiger partial charge is 0.269 e. The van der Waals surface area contributed by atoms with E-state index in [9.17, 15) is 18.5 Å². The van der Waals surface area contributed by atoms with Crippen molar-refractivity contribution in [2.24, 2.45) is 0 Å². The fourth-order valence-electron chi connectivity index (χ4n) is 2.33. The average molecular weight is 424 g/mol. The molecule has 0 spiro atoms. The second kappa shape index (κ2) is 7.73. The number of nitrogens with zero attached hydrogens (tertiary/aromatic N) is 2. The first-order valence-electron chi connectivity index (χ1n) is 7.73. The summed E-state index contributed by atoms with van der Waals surface area (Å²) >= 11 is 7.55. The zero-order chi connectivity index (χ0) is 19.6. The van der Waals surface area contributed by atoms with E-state index in [0.717, 1.165) is 22.6 Å². The molecule has 0 aliphatic heterocycles. The third-order valence-electron chi connectivity index (χ3n) is 3.78. The fourth-order valence-corrected chi connectivity index (χ4v) is 4.74. The number of nitro benzene ring substituents is 1. The Hall–Kier alpha value is -2.33. The van der Waals surface area contributed by atoms with Crippen LogP contribution >= 0.6 is 22.9 Å². The molecule has 0 atom stereocenters. The van der Waals surface area contributed by atoms with E-state index in [2.05, 4.69) is 9.71 Å². The van der Waals surface area contributed by atoms with Crippen LogP contribution in [0.15, 0.2) is 53.4 Å². The molecule has 1 N–H and O–H groups in total. The van der Waals surface area contributed by atoms with Gasteiger partial charge in [0.1, 0.15) is 5.01 Å². The van der Waals surface area contributed by atoms with Crippen LogP contribution in [0.2, 0.25) is 5.02 Å². The Morgan fingerprint density at radius 2 is 1.85 bits per heavy atom. The van der Waals surface area contributed by atoms with Crippen molar-refractivity contribution in [3.8, 4) is 10.6 Å². The van der Waals surface area contributed by atoms with Crippen LogP contribution in [-0.2, 0) is 16.6 Å². The van der Waals surface area contributed by atoms with Crippen LogP contribution in [0.25, 0.3) is 10.6 Å². The van der Waals surface area contributed by atoms with Gasteiger partial charge in [0.25, 0.3) is 5.69 Å². The van der Waals surface area contributed by atoms with Gasteiger partial charge in [-0.25, -0.2) is 18.1 Å². The van der Waals surface area contributed by atoms with Crippen LogP contribution in [0.5, 0.6) is 0 Å². The van der Waals surface area contributed by atoms with Crippen LogP contribution < -0.4 is 4.72 Å². The molecule has 27 heavy (non-hydrogen) atoms. The predicted octanol–water partition coefficient (Wildman–Crippen LogP) is 4.16. The van der Waals surface area contributed by atoms with Gasteiger partial charge in [-0.15, -0.1) is 11.3 Å². The van der Waals surface area contributed by atoms with Gasteiger partial charge in [-0.1, -0.05) is 29.8 Å². The third-order valence-corrected chi connectivity index (χ3v) is 6.71. The molecule has 10 heteroatoms. The Morgan fingerprint density at radius 3 is 2.48 bits per heavy atom. The Balaban J connectivity index is 1.78. The lowest BCUT2D eigenvalue weighted by Gasteiger charge is -2.05. The molecular weight excluding hydrogens is 410 g/mol. The molecule has 0 amide bonds. The van der Waals surface area contributed by atoms with Crippen molar-refractivity contribution in [2.75, 3.05) is 0 Å². The van der Waals surface area contributed by atoms with Gasteiger partial charge in [-0.2, -0.15) is 0 Å². The van der Waals surface area contributed by atoms with Crippen molar-refractivity contribution in [3.63, 3.8) is 0 Å². The predicted molar refractivity (Wildman–Crippen MR) is 104 cm³/mol. The summed E-state index contributed by atoms with van der Waals surface area (Å²) in [7, 11) is -3.80. The quantitative estimate of drug-likeness (QED) is 0.473. The van der Waals surface area contributed by atoms with Crippen LogP contribution in [-0.4, -0.2) is 18.3 Å². The molecule has 0 aliphatic carbocycles. The molecule has 3 rings (SSSR count). The molecule has 0 saturated carbocycles. The molecule has 0 aliphatic rings. The molecule has 1 heterocycles. The number of non-ortho nitro benzene ring substituents is 1. The zero-order valence-electron chi connectivity index (χ0n) is 14.0. The van der Waals surface area contributed by atoms with Gasteiger partial charge < -0.3 is 0 Å². The maximum absolute atomic E-state index is 12.4. The third kappa shape index (κ3) is 4.33. The second-order valence-corrected chi connectivity index (χ2v) is 8.84. The van der Waals surface area contributed by atoms with Gasteiger partial charge in [-0.3, -0.25) is 10.1 Å². The zero-order valence-corrected chi connectivity index (χ0v) is 16.4. The van der Waals surface area contributed by atoms with E-state index >= 15 is 0 Å². The van der Waals surface area contributed by atoms with E-state index < -0.39 is 14.9 Å². The number of halogens is 1. The van der Waals surface area contributed by atoms with Gasteiger partial charge >= 0.3 is 0 Å². The summed E-state index contributed by atoms with van der Waals surface area (Å²) in [5.74, 6) is 0. The maximum atomic E-state index is 12.4. The molecule has 0 unspecified atom stereocenters. The van der Waals surface area contributed by atoms with Crippen molar-refractivity contribution < 1.29 is 13.3 Å². The molecule has 3 aromatic rings. The number of aryl methyl sites for hydroxylation is 1. The minimum atomic E-state index is -3.80. The number of sulfonamides is 1. The Bertz CT molecular complexity index is 1100. The lowest BCUT2D eigenvalue weighted by atomic mass is 10.2. The highest BCUT2D eigenvalue weighted by molar-refractivity contribution is 7.89. The highest BCUT2D eigenvalue weighted by atomic mass is 35.5. The van der Waals surface area contributed by atoms with E-state index in [4.69, 9.17) is 11.6 Å². The van der Waals surface area contributed by atoms with Gasteiger partial charge in [0, 0.05) is 29.1 Å². The number of rotatable bonds is 6. The van der Waals surface area contributed by atoms with Crippen LogP contribution in [0, 0.1) is 17.0 Å². The van der Waals surface area contributed by atoms with Crippen LogP contribution in [0.4, 0.5) is 5.69 Å². The lowest BCUT2D eigenvalue weighted by Crippen LogP contribution is -2.23. The number of benzene rings is 2. The molecule has 2 aromatic carbocycles. The fraction of sp³-hybridized carbons (Fsp3) is 0.118. The molecule has 0 radical (unpaired) electrons. The normalized spacial score (nSPS) is 11.5. The van der Waals surface area contributed by atoms with Gasteiger partial charge in [0.15, 0.2) is 0 Å². The minimum Gasteiger partial charge on any atom is -0.258 e. The molecule has 0 saturated heterocycles. The second-order valence-electron chi connectivity index (χ2n) is 5.58. The SMILES string of the molecule is Cc1nc(-c2ccccc2Cl)sc1CNS(=O)(=O)c1ccc([N+](=O)[O-])cc1. The molecule has 1 aromatic heterocycles. The van der Waals surface area contributed by atoms with E-state index in [-0.39, 0.29) is 17.1 Å². The smallest absolute Gasteiger partial charge is 0.258 e. The molecule has 140 valence electrons. The molecule has 0 bridgehead atoms. The number of hydrogen-bond donors (Lipinski definition) is 1. The Morgan fingerprint density at radius 1 is 1.19 bits per heavy atom. The monoisotopic (exact) mass is 423 g/mol.